The van der Waals surface area contributed by atoms with Gasteiger partial charge in [0.15, 0.2) is 11.5 Å². The molecule has 1 amide bonds. The quantitative estimate of drug-likeness (QED) is 0.556. The van der Waals surface area contributed by atoms with Gasteiger partial charge in [-0.25, -0.2) is 13.4 Å². The molecule has 1 aromatic heterocycles. The van der Waals surface area contributed by atoms with Gasteiger partial charge in [0.25, 0.3) is 5.91 Å². The minimum absolute atomic E-state index is 0.116. The van der Waals surface area contributed by atoms with E-state index in [2.05, 4.69) is 29.7 Å². The average molecular weight is 479 g/mol. The fourth-order valence-corrected chi connectivity index (χ4v) is 5.59. The van der Waals surface area contributed by atoms with Gasteiger partial charge in [0.1, 0.15) is 10.7 Å². The smallest absolute Gasteiger partial charge is 0.269 e. The van der Waals surface area contributed by atoms with Gasteiger partial charge in [-0.05, 0) is 42.5 Å². The summed E-state index contributed by atoms with van der Waals surface area (Å²) in [6, 6.07) is 6.00. The third-order valence-electron chi connectivity index (χ3n) is 5.44. The Morgan fingerprint density at radius 3 is 2.12 bits per heavy atom. The minimum atomic E-state index is -3.62. The molecule has 1 aromatic carbocycles. The topological polar surface area (TPSA) is 119 Å². The van der Waals surface area contributed by atoms with E-state index in [0.717, 1.165) is 6.42 Å². The molecular weight excluding hydrogens is 448 g/mol. The number of amides is 1. The first-order chi connectivity index (χ1) is 15.7. The molecule has 0 bridgehead atoms. The van der Waals surface area contributed by atoms with Gasteiger partial charge in [0.05, 0.1) is 21.3 Å². The number of benzene rings is 1. The zero-order valence-electron chi connectivity index (χ0n) is 19.4. The van der Waals surface area contributed by atoms with E-state index in [4.69, 9.17) is 14.2 Å². The molecule has 3 rings (SSSR count). The van der Waals surface area contributed by atoms with E-state index in [1.165, 1.54) is 56.1 Å². The summed E-state index contributed by atoms with van der Waals surface area (Å²) in [5.41, 5.74) is 5.48. The predicted octanol–water partition coefficient (Wildman–Crippen LogP) is 2.53. The highest BCUT2D eigenvalue weighted by Gasteiger charge is 2.31. The van der Waals surface area contributed by atoms with E-state index in [1.54, 1.807) is 0 Å². The molecule has 2 aromatic rings. The normalized spacial score (nSPS) is 18.9. The maximum atomic E-state index is 13.0. The first kappa shape index (κ1) is 24.6. The number of carbonyl (C=O) groups excluding carboxylic acids is 1. The molecule has 2 atom stereocenters. The second-order valence-corrected chi connectivity index (χ2v) is 10.1. The molecule has 1 saturated heterocycles. The van der Waals surface area contributed by atoms with Crippen LogP contribution in [-0.4, -0.2) is 58.0 Å². The lowest BCUT2D eigenvalue weighted by Crippen LogP contribution is -2.42. The van der Waals surface area contributed by atoms with Crippen LogP contribution in [0.1, 0.15) is 30.6 Å². The number of anilines is 1. The van der Waals surface area contributed by atoms with Crippen LogP contribution in [0.4, 0.5) is 5.82 Å². The van der Waals surface area contributed by atoms with Crippen molar-refractivity contribution in [3.05, 3.63) is 36.0 Å². The fourth-order valence-electron chi connectivity index (χ4n) is 3.96. The Morgan fingerprint density at radius 1 is 1.03 bits per heavy atom. The van der Waals surface area contributed by atoms with E-state index in [1.807, 2.05) is 0 Å². The molecule has 33 heavy (non-hydrogen) atoms. The summed E-state index contributed by atoms with van der Waals surface area (Å²) in [5.74, 6) is 1.50. The van der Waals surface area contributed by atoms with Crippen LogP contribution in [0.2, 0.25) is 0 Å². The first-order valence-corrected chi connectivity index (χ1v) is 12.0. The van der Waals surface area contributed by atoms with Crippen molar-refractivity contribution in [3.8, 4) is 17.2 Å². The predicted molar refractivity (Wildman–Crippen MR) is 123 cm³/mol. The zero-order chi connectivity index (χ0) is 24.2. The largest absolute Gasteiger partial charge is 0.493 e. The molecule has 0 unspecified atom stereocenters. The van der Waals surface area contributed by atoms with Gasteiger partial charge in [-0.3, -0.25) is 15.6 Å². The lowest BCUT2D eigenvalue weighted by Gasteiger charge is -2.33. The lowest BCUT2D eigenvalue weighted by atomic mass is 9.94. The van der Waals surface area contributed by atoms with Gasteiger partial charge >= 0.3 is 0 Å². The van der Waals surface area contributed by atoms with Crippen LogP contribution < -0.4 is 25.1 Å². The summed E-state index contributed by atoms with van der Waals surface area (Å²) in [7, 11) is 0.772. The number of pyridine rings is 1. The van der Waals surface area contributed by atoms with E-state index in [-0.39, 0.29) is 16.3 Å². The van der Waals surface area contributed by atoms with Crippen molar-refractivity contribution < 1.29 is 27.4 Å². The number of sulfonamides is 1. The van der Waals surface area contributed by atoms with Crippen molar-refractivity contribution in [2.24, 2.45) is 11.8 Å². The standard InChI is InChI=1S/C22H30N4O6S/c1-14-8-15(2)13-26(12-14)33(28,29)17-6-7-20(23-11-17)24-25-22(27)16-9-18(30-3)21(32-5)19(10-16)31-4/h6-7,9-11,14-15H,8,12-13H2,1-5H3,(H,23,24)(H,25,27)/t14-,15+. The Kier molecular flexibility index (Phi) is 7.65. The number of carbonyl (C=O) groups is 1. The molecule has 1 aliphatic rings. The van der Waals surface area contributed by atoms with Crippen LogP contribution in [0.3, 0.4) is 0 Å². The number of hydrogen-bond acceptors (Lipinski definition) is 8. The molecule has 1 fully saturated rings. The summed E-state index contributed by atoms with van der Waals surface area (Å²) in [4.78, 5) is 16.8. The summed E-state index contributed by atoms with van der Waals surface area (Å²) in [6.07, 6.45) is 2.30. The molecule has 2 N–H and O–H groups in total. The highest BCUT2D eigenvalue weighted by atomic mass is 32.2. The highest BCUT2D eigenvalue weighted by Crippen LogP contribution is 2.38. The summed E-state index contributed by atoms with van der Waals surface area (Å²) in [5, 5.41) is 0. The molecular formula is C22H30N4O6S. The van der Waals surface area contributed by atoms with Gasteiger partial charge < -0.3 is 14.2 Å². The molecule has 11 heteroatoms. The maximum absolute atomic E-state index is 13.0. The number of nitrogens with zero attached hydrogens (tertiary/aromatic N) is 2. The van der Waals surface area contributed by atoms with Gasteiger partial charge in [-0.15, -0.1) is 0 Å². The summed E-state index contributed by atoms with van der Waals surface area (Å²) < 4.78 is 43.2. The molecule has 2 heterocycles. The van der Waals surface area contributed by atoms with Crippen LogP contribution in [0.5, 0.6) is 17.2 Å². The van der Waals surface area contributed by atoms with Crippen molar-refractivity contribution in [2.75, 3.05) is 39.8 Å². The molecule has 10 nitrogen and oxygen atoms in total. The third kappa shape index (κ3) is 5.48. The number of methoxy groups -OCH3 is 3. The molecule has 0 spiro atoms. The number of hydrazine groups is 1. The Hall–Kier alpha value is -3.05. The number of hydrogen-bond donors (Lipinski definition) is 2. The fraction of sp³-hybridized carbons (Fsp3) is 0.455. The summed E-state index contributed by atoms with van der Waals surface area (Å²) in [6.45, 7) is 5.11. The number of piperidine rings is 1. The average Bonchev–Trinajstić information content (AvgIpc) is 2.81. The third-order valence-corrected chi connectivity index (χ3v) is 7.26. The maximum Gasteiger partial charge on any atom is 0.269 e. The van der Waals surface area contributed by atoms with Gasteiger partial charge in [-0.2, -0.15) is 4.31 Å². The molecule has 0 radical (unpaired) electrons. The van der Waals surface area contributed by atoms with Crippen LogP contribution in [0, 0.1) is 11.8 Å². The van der Waals surface area contributed by atoms with Crippen molar-refractivity contribution in [1.82, 2.24) is 14.7 Å². The number of rotatable bonds is 8. The molecule has 180 valence electrons. The van der Waals surface area contributed by atoms with Crippen LogP contribution in [0.15, 0.2) is 35.4 Å². The van der Waals surface area contributed by atoms with Gasteiger partial charge in [0, 0.05) is 24.8 Å². The number of aromatic nitrogens is 1. The Labute approximate surface area is 194 Å². The van der Waals surface area contributed by atoms with E-state index >= 15 is 0 Å². The highest BCUT2D eigenvalue weighted by molar-refractivity contribution is 7.89. The minimum Gasteiger partial charge on any atom is -0.493 e. The second kappa shape index (κ2) is 10.3. The van der Waals surface area contributed by atoms with Crippen LogP contribution in [0.25, 0.3) is 0 Å². The Balaban J connectivity index is 1.69. The molecule has 0 aliphatic carbocycles. The van der Waals surface area contributed by atoms with E-state index in [0.29, 0.717) is 42.2 Å². The van der Waals surface area contributed by atoms with Crippen molar-refractivity contribution in [2.45, 2.75) is 25.2 Å². The number of nitrogens with one attached hydrogen (secondary N) is 2. The van der Waals surface area contributed by atoms with E-state index < -0.39 is 15.9 Å². The van der Waals surface area contributed by atoms with Crippen molar-refractivity contribution in [1.29, 1.82) is 0 Å². The zero-order valence-corrected chi connectivity index (χ0v) is 20.2. The second-order valence-electron chi connectivity index (χ2n) is 8.14. The van der Waals surface area contributed by atoms with Crippen molar-refractivity contribution >= 4 is 21.7 Å². The Bertz CT molecular complexity index is 1060. The van der Waals surface area contributed by atoms with Crippen LogP contribution >= 0.6 is 0 Å². The van der Waals surface area contributed by atoms with Crippen molar-refractivity contribution in [3.63, 3.8) is 0 Å². The van der Waals surface area contributed by atoms with Crippen LogP contribution in [-0.2, 0) is 10.0 Å². The molecule has 0 saturated carbocycles. The van der Waals surface area contributed by atoms with Gasteiger partial charge in [0.2, 0.25) is 15.8 Å². The molecule has 1 aliphatic heterocycles. The SMILES string of the molecule is COc1cc(C(=O)NNc2ccc(S(=O)(=O)N3C[C@H](C)C[C@H](C)C3)cn2)cc(OC)c1OC. The number of ether oxygens (including phenoxy) is 3. The summed E-state index contributed by atoms with van der Waals surface area (Å²) >= 11 is 0. The monoisotopic (exact) mass is 478 g/mol. The van der Waals surface area contributed by atoms with E-state index in [9.17, 15) is 13.2 Å². The lowest BCUT2D eigenvalue weighted by molar-refractivity contribution is 0.0961. The first-order valence-electron chi connectivity index (χ1n) is 10.5. The Morgan fingerprint density at radius 2 is 1.64 bits per heavy atom. The van der Waals surface area contributed by atoms with Gasteiger partial charge in [-0.1, -0.05) is 13.8 Å².